The van der Waals surface area contributed by atoms with Crippen molar-refractivity contribution in [3.8, 4) is 5.69 Å². The number of hydrogen-bond acceptors (Lipinski definition) is 2. The molecule has 1 amide bonds. The molecule has 2 aromatic carbocycles. The van der Waals surface area contributed by atoms with Crippen LogP contribution in [0.3, 0.4) is 0 Å². The first-order valence-electron chi connectivity index (χ1n) is 7.52. The lowest BCUT2D eigenvalue weighted by atomic mass is 10.1. The third kappa shape index (κ3) is 3.91. The van der Waals surface area contributed by atoms with Crippen molar-refractivity contribution in [1.82, 2.24) is 15.1 Å². The second-order valence-corrected chi connectivity index (χ2v) is 6.76. The number of amides is 1. The number of carbonyl (C=O) groups is 1. The zero-order valence-electron chi connectivity index (χ0n) is 13.2. The van der Waals surface area contributed by atoms with Gasteiger partial charge in [0.05, 0.1) is 10.5 Å². The van der Waals surface area contributed by atoms with Crippen molar-refractivity contribution < 1.29 is 9.18 Å². The lowest BCUT2D eigenvalue weighted by molar-refractivity contribution is 0.0933. The molecule has 7 heteroatoms. The van der Waals surface area contributed by atoms with Crippen molar-refractivity contribution >= 4 is 33.4 Å². The molecule has 0 fully saturated rings. The number of halogens is 3. The van der Waals surface area contributed by atoms with E-state index >= 15 is 0 Å². The van der Waals surface area contributed by atoms with Gasteiger partial charge in [-0.25, -0.2) is 9.07 Å². The summed E-state index contributed by atoms with van der Waals surface area (Å²) in [6.07, 6.45) is 1.55. The molecule has 128 valence electrons. The molecule has 1 aromatic heterocycles. The van der Waals surface area contributed by atoms with E-state index in [9.17, 15) is 9.18 Å². The molecule has 0 spiro atoms. The Hall–Kier alpha value is -2.18. The molecule has 0 radical (unpaired) electrons. The minimum absolute atomic E-state index is 0.178. The fourth-order valence-electron chi connectivity index (χ4n) is 2.39. The van der Waals surface area contributed by atoms with E-state index in [1.165, 1.54) is 10.7 Å². The molecular formula is C18H14BrClFN3O. The second-order valence-electron chi connectivity index (χ2n) is 5.47. The number of nitrogens with zero attached hydrogens (tertiary/aromatic N) is 2. The summed E-state index contributed by atoms with van der Waals surface area (Å²) in [5, 5.41) is 7.66. The maximum absolute atomic E-state index is 13.9. The second kappa shape index (κ2) is 7.37. The van der Waals surface area contributed by atoms with Crippen LogP contribution in [0.5, 0.6) is 0 Å². The first-order chi connectivity index (χ1) is 12.0. The molecule has 0 aliphatic rings. The van der Waals surface area contributed by atoms with Gasteiger partial charge in [-0.05, 0) is 52.7 Å². The van der Waals surface area contributed by atoms with Crippen LogP contribution in [-0.4, -0.2) is 15.7 Å². The summed E-state index contributed by atoms with van der Waals surface area (Å²) in [6.45, 7) is 1.85. The van der Waals surface area contributed by atoms with E-state index in [-0.39, 0.29) is 23.3 Å². The Morgan fingerprint density at radius 2 is 2.04 bits per heavy atom. The van der Waals surface area contributed by atoms with Gasteiger partial charge in [0.25, 0.3) is 5.91 Å². The minimum Gasteiger partial charge on any atom is -0.344 e. The number of rotatable bonds is 4. The highest BCUT2D eigenvalue weighted by molar-refractivity contribution is 9.10. The summed E-state index contributed by atoms with van der Waals surface area (Å²) in [6, 6.07) is 13.2. The molecule has 4 nitrogen and oxygen atoms in total. The lowest BCUT2D eigenvalue weighted by Crippen LogP contribution is -2.27. The SMILES string of the molecule is C[C@H](NC(=O)c1nn(-c2ccccc2F)cc1Br)c1cccc(Cl)c1. The Morgan fingerprint density at radius 1 is 1.28 bits per heavy atom. The zero-order valence-corrected chi connectivity index (χ0v) is 15.6. The van der Waals surface area contributed by atoms with Crippen LogP contribution in [0.1, 0.15) is 29.0 Å². The number of carbonyl (C=O) groups excluding carboxylic acids is 1. The van der Waals surface area contributed by atoms with Crippen LogP contribution >= 0.6 is 27.5 Å². The van der Waals surface area contributed by atoms with Crippen LogP contribution in [0.15, 0.2) is 59.2 Å². The van der Waals surface area contributed by atoms with E-state index in [2.05, 4.69) is 26.3 Å². The van der Waals surface area contributed by atoms with E-state index < -0.39 is 5.82 Å². The molecule has 25 heavy (non-hydrogen) atoms. The van der Waals surface area contributed by atoms with Gasteiger partial charge in [0.2, 0.25) is 0 Å². The fourth-order valence-corrected chi connectivity index (χ4v) is 3.04. The Bertz CT molecular complexity index is 928. The van der Waals surface area contributed by atoms with Gasteiger partial charge in [0.15, 0.2) is 5.69 Å². The Morgan fingerprint density at radius 3 is 2.76 bits per heavy atom. The fraction of sp³-hybridized carbons (Fsp3) is 0.111. The normalized spacial score (nSPS) is 12.0. The van der Waals surface area contributed by atoms with E-state index in [1.807, 2.05) is 19.1 Å². The molecular weight excluding hydrogens is 409 g/mol. The number of nitrogens with one attached hydrogen (secondary N) is 1. The molecule has 3 aromatic rings. The maximum Gasteiger partial charge on any atom is 0.273 e. The largest absolute Gasteiger partial charge is 0.344 e. The smallest absolute Gasteiger partial charge is 0.273 e. The lowest BCUT2D eigenvalue weighted by Gasteiger charge is -2.13. The highest BCUT2D eigenvalue weighted by Crippen LogP contribution is 2.22. The van der Waals surface area contributed by atoms with Gasteiger partial charge < -0.3 is 5.32 Å². The van der Waals surface area contributed by atoms with E-state index in [1.54, 1.807) is 36.5 Å². The third-order valence-electron chi connectivity index (χ3n) is 3.68. The molecule has 0 saturated heterocycles. The monoisotopic (exact) mass is 421 g/mol. The van der Waals surface area contributed by atoms with Crippen LogP contribution < -0.4 is 5.32 Å². The van der Waals surface area contributed by atoms with Gasteiger partial charge in [-0.15, -0.1) is 0 Å². The van der Waals surface area contributed by atoms with Crippen molar-refractivity contribution in [2.24, 2.45) is 0 Å². The average Bonchev–Trinajstić information content (AvgIpc) is 2.97. The summed E-state index contributed by atoms with van der Waals surface area (Å²) in [5.74, 6) is -0.786. The Balaban J connectivity index is 1.82. The van der Waals surface area contributed by atoms with Gasteiger partial charge in [0, 0.05) is 11.2 Å². The Labute approximate surface area is 157 Å². The van der Waals surface area contributed by atoms with Crippen LogP contribution in [0.2, 0.25) is 5.02 Å². The topological polar surface area (TPSA) is 46.9 Å². The van der Waals surface area contributed by atoms with Crippen molar-refractivity contribution in [2.75, 3.05) is 0 Å². The summed E-state index contributed by atoms with van der Waals surface area (Å²) < 4.78 is 15.7. The first kappa shape index (κ1) is 17.6. The molecule has 1 heterocycles. The number of benzene rings is 2. The number of aromatic nitrogens is 2. The van der Waals surface area contributed by atoms with Gasteiger partial charge in [-0.3, -0.25) is 4.79 Å². The summed E-state index contributed by atoms with van der Waals surface area (Å²) >= 11 is 9.29. The highest BCUT2D eigenvalue weighted by Gasteiger charge is 2.19. The van der Waals surface area contributed by atoms with Crippen molar-refractivity contribution in [3.05, 3.63) is 81.3 Å². The average molecular weight is 423 g/mol. The molecule has 1 N–H and O–H groups in total. The predicted octanol–water partition coefficient (Wildman–Crippen LogP) is 4.92. The van der Waals surface area contributed by atoms with E-state index in [4.69, 9.17) is 11.6 Å². The van der Waals surface area contributed by atoms with E-state index in [0.717, 1.165) is 5.56 Å². The summed E-state index contributed by atoms with van der Waals surface area (Å²) in [7, 11) is 0. The molecule has 0 aliphatic heterocycles. The van der Waals surface area contributed by atoms with Crippen LogP contribution in [-0.2, 0) is 0 Å². The van der Waals surface area contributed by atoms with Gasteiger partial charge in [-0.2, -0.15) is 5.10 Å². The molecule has 0 aliphatic carbocycles. The van der Waals surface area contributed by atoms with Crippen molar-refractivity contribution in [3.63, 3.8) is 0 Å². The highest BCUT2D eigenvalue weighted by atomic mass is 79.9. The van der Waals surface area contributed by atoms with Crippen LogP contribution in [0.4, 0.5) is 4.39 Å². The predicted molar refractivity (Wildman–Crippen MR) is 98.6 cm³/mol. The third-order valence-corrected chi connectivity index (χ3v) is 4.50. The van der Waals surface area contributed by atoms with Crippen LogP contribution in [0, 0.1) is 5.82 Å². The van der Waals surface area contributed by atoms with E-state index in [0.29, 0.717) is 9.50 Å². The molecule has 0 saturated carbocycles. The molecule has 0 unspecified atom stereocenters. The molecule has 1 atom stereocenters. The van der Waals surface area contributed by atoms with Crippen LogP contribution in [0.25, 0.3) is 5.69 Å². The zero-order chi connectivity index (χ0) is 18.0. The van der Waals surface area contributed by atoms with Gasteiger partial charge in [0.1, 0.15) is 11.5 Å². The van der Waals surface area contributed by atoms with Crippen molar-refractivity contribution in [1.29, 1.82) is 0 Å². The summed E-state index contributed by atoms with van der Waals surface area (Å²) in [5.41, 5.74) is 1.33. The Kier molecular flexibility index (Phi) is 5.20. The standard InChI is InChI=1S/C18H14BrClFN3O/c1-11(12-5-4-6-13(20)9-12)22-18(25)17-14(19)10-24(23-17)16-8-3-2-7-15(16)21/h2-11H,1H3,(H,22,25)/t11-/m0/s1. The minimum atomic E-state index is -0.420. The molecule has 3 rings (SSSR count). The van der Waals surface area contributed by atoms with Gasteiger partial charge >= 0.3 is 0 Å². The summed E-state index contributed by atoms with van der Waals surface area (Å²) in [4.78, 5) is 12.5. The van der Waals surface area contributed by atoms with Gasteiger partial charge in [-0.1, -0.05) is 35.9 Å². The number of hydrogen-bond donors (Lipinski definition) is 1. The quantitative estimate of drug-likeness (QED) is 0.649. The first-order valence-corrected chi connectivity index (χ1v) is 8.69. The molecule has 0 bridgehead atoms. The van der Waals surface area contributed by atoms with Crippen molar-refractivity contribution in [2.45, 2.75) is 13.0 Å². The maximum atomic E-state index is 13.9. The number of para-hydroxylation sites is 1.